The topological polar surface area (TPSA) is 38.0 Å². The van der Waals surface area contributed by atoms with Gasteiger partial charge in [0, 0.05) is 0 Å². The van der Waals surface area contributed by atoms with Crippen molar-refractivity contribution in [2.75, 3.05) is 19.6 Å². The van der Waals surface area contributed by atoms with Gasteiger partial charge in [-0.1, -0.05) is 13.8 Å². The summed E-state index contributed by atoms with van der Waals surface area (Å²) in [5, 5.41) is 6.48. The Balaban J connectivity index is 2.13. The maximum atomic E-state index is 3.28. The van der Waals surface area contributed by atoms with Crippen LogP contribution in [0.5, 0.6) is 0 Å². The van der Waals surface area contributed by atoms with Gasteiger partial charge in [0.25, 0.3) is 0 Å². The minimum atomic E-state index is 0.705. The second-order valence-electron chi connectivity index (χ2n) is 3.00. The maximum Gasteiger partial charge on any atom is 0.343 e. The fraction of sp³-hybridized carbons (Fsp3) is 0.857. The van der Waals surface area contributed by atoms with Gasteiger partial charge < -0.3 is 0 Å². The minimum Gasteiger partial charge on any atom is -0.278 e. The van der Waals surface area contributed by atoms with Crippen molar-refractivity contribution in [1.29, 1.82) is 0 Å². The molecular weight excluding hydrogens is 126 g/mol. The number of guanidine groups is 1. The van der Waals surface area contributed by atoms with E-state index in [-0.39, 0.29) is 0 Å². The van der Waals surface area contributed by atoms with Crippen LogP contribution >= 0.6 is 0 Å². The summed E-state index contributed by atoms with van der Waals surface area (Å²) in [6, 6.07) is 0. The fourth-order valence-electron chi connectivity index (χ4n) is 0.869. The van der Waals surface area contributed by atoms with Crippen LogP contribution in [0.25, 0.3) is 0 Å². The Morgan fingerprint density at radius 3 is 3.00 bits per heavy atom. The van der Waals surface area contributed by atoms with E-state index >= 15 is 0 Å². The van der Waals surface area contributed by atoms with E-state index in [0.29, 0.717) is 5.92 Å². The highest BCUT2D eigenvalue weighted by Crippen LogP contribution is 1.85. The molecule has 0 aliphatic carbocycles. The molecule has 0 fully saturated rings. The standard InChI is InChI=1S/C7H15N3/c1-6(2)5-10-7-8-3-4-9-7/h6H,3-5H2,1-2H3,(H2,8,9,10)/p+1. The van der Waals surface area contributed by atoms with Crippen molar-refractivity contribution >= 4 is 5.96 Å². The highest BCUT2D eigenvalue weighted by Gasteiger charge is 2.10. The van der Waals surface area contributed by atoms with Crippen molar-refractivity contribution in [3.63, 3.8) is 0 Å². The summed E-state index contributed by atoms with van der Waals surface area (Å²) >= 11 is 0. The van der Waals surface area contributed by atoms with Crippen LogP contribution in [0.4, 0.5) is 0 Å². The van der Waals surface area contributed by atoms with Crippen LogP contribution < -0.4 is 15.6 Å². The SMILES string of the molecule is CC(C)CNC1=[NH+]CCN1. The zero-order valence-electron chi connectivity index (χ0n) is 6.70. The summed E-state index contributed by atoms with van der Waals surface area (Å²) in [4.78, 5) is 3.21. The summed E-state index contributed by atoms with van der Waals surface area (Å²) < 4.78 is 0. The normalized spacial score (nSPS) is 16.9. The van der Waals surface area contributed by atoms with Gasteiger partial charge in [-0.2, -0.15) is 0 Å². The van der Waals surface area contributed by atoms with E-state index in [1.165, 1.54) is 0 Å². The Bertz CT molecular complexity index is 129. The van der Waals surface area contributed by atoms with Gasteiger partial charge in [0.15, 0.2) is 0 Å². The third-order valence-electron chi connectivity index (χ3n) is 1.42. The van der Waals surface area contributed by atoms with Crippen molar-refractivity contribution in [2.24, 2.45) is 5.92 Å². The predicted octanol–water partition coefficient (Wildman–Crippen LogP) is -1.73. The zero-order valence-corrected chi connectivity index (χ0v) is 6.70. The van der Waals surface area contributed by atoms with Crippen LogP contribution in [0.15, 0.2) is 0 Å². The Kier molecular flexibility index (Phi) is 2.54. The lowest BCUT2D eigenvalue weighted by Crippen LogP contribution is -2.74. The van der Waals surface area contributed by atoms with E-state index in [0.717, 1.165) is 25.6 Å². The number of hydrogen-bond acceptors (Lipinski definition) is 2. The van der Waals surface area contributed by atoms with Gasteiger partial charge in [-0.15, -0.1) is 0 Å². The van der Waals surface area contributed by atoms with Crippen molar-refractivity contribution in [3.05, 3.63) is 0 Å². The highest BCUT2D eigenvalue weighted by molar-refractivity contribution is 5.74. The Morgan fingerprint density at radius 1 is 1.70 bits per heavy atom. The highest BCUT2D eigenvalue weighted by atomic mass is 15.2. The first kappa shape index (κ1) is 7.38. The monoisotopic (exact) mass is 142 g/mol. The molecule has 3 N–H and O–H groups in total. The van der Waals surface area contributed by atoms with Crippen LogP contribution in [0.1, 0.15) is 13.8 Å². The van der Waals surface area contributed by atoms with Gasteiger partial charge in [0.2, 0.25) is 0 Å². The molecule has 1 aliphatic heterocycles. The van der Waals surface area contributed by atoms with E-state index in [1.807, 2.05) is 0 Å². The largest absolute Gasteiger partial charge is 0.343 e. The van der Waals surface area contributed by atoms with E-state index in [1.54, 1.807) is 0 Å². The summed E-state index contributed by atoms with van der Waals surface area (Å²) in [7, 11) is 0. The van der Waals surface area contributed by atoms with Crippen LogP contribution in [-0.2, 0) is 0 Å². The molecule has 1 rings (SSSR count). The molecule has 0 atom stereocenters. The molecule has 0 unspecified atom stereocenters. The fourth-order valence-corrected chi connectivity index (χ4v) is 0.869. The first-order valence-corrected chi connectivity index (χ1v) is 3.87. The molecular formula is C7H16N3+. The zero-order chi connectivity index (χ0) is 7.40. The first-order chi connectivity index (χ1) is 4.79. The third kappa shape index (κ3) is 2.25. The average molecular weight is 142 g/mol. The van der Waals surface area contributed by atoms with Gasteiger partial charge in [0.05, 0.1) is 19.6 Å². The molecule has 0 saturated heterocycles. The maximum absolute atomic E-state index is 3.28. The molecule has 0 aromatic rings. The lowest BCUT2D eigenvalue weighted by molar-refractivity contribution is -0.446. The Labute approximate surface area is 61.9 Å². The molecule has 0 bridgehead atoms. The van der Waals surface area contributed by atoms with Gasteiger partial charge in [-0.3, -0.25) is 15.6 Å². The van der Waals surface area contributed by atoms with E-state index < -0.39 is 0 Å². The van der Waals surface area contributed by atoms with Crippen molar-refractivity contribution in [3.8, 4) is 0 Å². The summed E-state index contributed by atoms with van der Waals surface area (Å²) in [5.41, 5.74) is 0. The summed E-state index contributed by atoms with van der Waals surface area (Å²) in [6.45, 7) is 7.52. The van der Waals surface area contributed by atoms with E-state index in [4.69, 9.17) is 0 Å². The van der Waals surface area contributed by atoms with Gasteiger partial charge in [-0.25, -0.2) is 0 Å². The molecule has 0 saturated carbocycles. The number of nitrogens with one attached hydrogen (secondary N) is 3. The molecule has 3 nitrogen and oxygen atoms in total. The predicted molar refractivity (Wildman–Crippen MR) is 41.7 cm³/mol. The number of rotatable bonds is 2. The van der Waals surface area contributed by atoms with Crippen LogP contribution in [0.3, 0.4) is 0 Å². The average Bonchev–Trinajstić information content (AvgIpc) is 2.34. The molecule has 0 aromatic heterocycles. The lowest BCUT2D eigenvalue weighted by atomic mass is 10.2. The molecule has 10 heavy (non-hydrogen) atoms. The molecule has 0 amide bonds. The second-order valence-corrected chi connectivity index (χ2v) is 3.00. The van der Waals surface area contributed by atoms with Crippen LogP contribution in [0, 0.1) is 5.92 Å². The van der Waals surface area contributed by atoms with Crippen molar-refractivity contribution < 1.29 is 4.99 Å². The van der Waals surface area contributed by atoms with E-state index in [9.17, 15) is 0 Å². The molecule has 0 aromatic carbocycles. The first-order valence-electron chi connectivity index (χ1n) is 3.87. The summed E-state index contributed by atoms with van der Waals surface area (Å²) in [6.07, 6.45) is 0. The molecule has 1 heterocycles. The Morgan fingerprint density at radius 2 is 2.50 bits per heavy atom. The smallest absolute Gasteiger partial charge is 0.278 e. The van der Waals surface area contributed by atoms with Gasteiger partial charge in [-0.05, 0) is 5.92 Å². The van der Waals surface area contributed by atoms with Crippen molar-refractivity contribution in [1.82, 2.24) is 10.6 Å². The lowest BCUT2D eigenvalue weighted by Gasteiger charge is -2.01. The molecule has 0 spiro atoms. The second kappa shape index (κ2) is 3.44. The van der Waals surface area contributed by atoms with E-state index in [2.05, 4.69) is 29.5 Å². The van der Waals surface area contributed by atoms with Gasteiger partial charge in [0.1, 0.15) is 0 Å². The van der Waals surface area contributed by atoms with Crippen LogP contribution in [0.2, 0.25) is 0 Å². The third-order valence-corrected chi connectivity index (χ3v) is 1.42. The molecule has 1 aliphatic rings. The number of hydrogen-bond donors (Lipinski definition) is 3. The minimum absolute atomic E-state index is 0.705. The molecule has 0 radical (unpaired) electrons. The van der Waals surface area contributed by atoms with Crippen molar-refractivity contribution in [2.45, 2.75) is 13.8 Å². The molecule has 58 valence electrons. The quantitative estimate of drug-likeness (QED) is 0.429. The van der Waals surface area contributed by atoms with Gasteiger partial charge >= 0.3 is 5.96 Å². The van der Waals surface area contributed by atoms with Crippen LogP contribution in [-0.4, -0.2) is 25.6 Å². The summed E-state index contributed by atoms with van der Waals surface area (Å²) in [5.74, 6) is 1.80. The Hall–Kier alpha value is -0.730. The molecule has 3 heteroatoms.